The first kappa shape index (κ1) is 19.6. The van der Waals surface area contributed by atoms with Gasteiger partial charge in [0.2, 0.25) is 5.91 Å². The maximum atomic E-state index is 12.6. The number of hydrogen-bond acceptors (Lipinski definition) is 3. The standard InChI is InChI=1S/C21H23BrN2O3/c22-18-8-4-7-17(15-18)21(10-13-27-14-11-21)24-19(25)9-12-23-20(26)16-5-2-1-3-6-16/h1-8,15H,9-14H2,(H,23,26)(H,24,25). The van der Waals surface area contributed by atoms with Crippen LogP contribution in [0.25, 0.3) is 0 Å². The van der Waals surface area contributed by atoms with Crippen LogP contribution in [-0.2, 0) is 15.1 Å². The van der Waals surface area contributed by atoms with Crippen molar-refractivity contribution in [3.63, 3.8) is 0 Å². The quantitative estimate of drug-likeness (QED) is 0.737. The van der Waals surface area contributed by atoms with Crippen LogP contribution < -0.4 is 10.6 Å². The Morgan fingerprint density at radius 3 is 2.48 bits per heavy atom. The number of halogens is 1. The molecule has 0 radical (unpaired) electrons. The number of hydrogen-bond donors (Lipinski definition) is 2. The lowest BCUT2D eigenvalue weighted by molar-refractivity contribution is -0.124. The molecule has 5 nitrogen and oxygen atoms in total. The summed E-state index contributed by atoms with van der Waals surface area (Å²) in [5.41, 5.74) is 1.23. The Morgan fingerprint density at radius 2 is 1.78 bits per heavy atom. The molecule has 2 aromatic carbocycles. The fourth-order valence-electron chi connectivity index (χ4n) is 3.30. The number of nitrogens with one attached hydrogen (secondary N) is 2. The second kappa shape index (κ2) is 9.15. The number of rotatable bonds is 6. The summed E-state index contributed by atoms with van der Waals surface area (Å²) in [7, 11) is 0. The third-order valence-corrected chi connectivity index (χ3v) is 5.27. The molecule has 0 unspecified atom stereocenters. The minimum atomic E-state index is -0.428. The summed E-state index contributed by atoms with van der Waals surface area (Å²) in [4.78, 5) is 24.7. The van der Waals surface area contributed by atoms with E-state index < -0.39 is 5.54 Å². The Bertz CT molecular complexity index is 789. The van der Waals surface area contributed by atoms with Crippen molar-refractivity contribution in [1.29, 1.82) is 0 Å². The molecule has 0 aliphatic carbocycles. The Hall–Kier alpha value is -2.18. The molecule has 2 aromatic rings. The van der Waals surface area contributed by atoms with E-state index in [2.05, 4.69) is 26.6 Å². The maximum Gasteiger partial charge on any atom is 0.251 e. The Balaban J connectivity index is 1.59. The summed E-state index contributed by atoms with van der Waals surface area (Å²) in [6.45, 7) is 1.51. The molecule has 2 N–H and O–H groups in total. The van der Waals surface area contributed by atoms with E-state index in [0.29, 0.717) is 25.3 Å². The molecule has 0 saturated carbocycles. The fourth-order valence-corrected chi connectivity index (χ4v) is 3.70. The van der Waals surface area contributed by atoms with Crippen molar-refractivity contribution < 1.29 is 14.3 Å². The third-order valence-electron chi connectivity index (χ3n) is 4.78. The second-order valence-electron chi connectivity index (χ2n) is 6.62. The van der Waals surface area contributed by atoms with E-state index >= 15 is 0 Å². The van der Waals surface area contributed by atoms with E-state index in [9.17, 15) is 9.59 Å². The predicted octanol–water partition coefficient (Wildman–Crippen LogP) is 3.39. The Kier molecular flexibility index (Phi) is 6.63. The number of ether oxygens (including phenoxy) is 1. The van der Waals surface area contributed by atoms with Crippen molar-refractivity contribution in [3.8, 4) is 0 Å². The van der Waals surface area contributed by atoms with Gasteiger partial charge in [0.25, 0.3) is 5.91 Å². The molecule has 27 heavy (non-hydrogen) atoms. The fraction of sp³-hybridized carbons (Fsp3) is 0.333. The number of amides is 2. The van der Waals surface area contributed by atoms with Gasteiger partial charge in [-0.2, -0.15) is 0 Å². The topological polar surface area (TPSA) is 67.4 Å². The average Bonchev–Trinajstić information content (AvgIpc) is 2.69. The first-order valence-corrected chi connectivity index (χ1v) is 9.86. The van der Waals surface area contributed by atoms with Crippen LogP contribution in [0.5, 0.6) is 0 Å². The second-order valence-corrected chi connectivity index (χ2v) is 7.54. The van der Waals surface area contributed by atoms with Crippen molar-refractivity contribution in [3.05, 3.63) is 70.2 Å². The Morgan fingerprint density at radius 1 is 1.04 bits per heavy atom. The zero-order chi connectivity index (χ0) is 19.1. The maximum absolute atomic E-state index is 12.6. The molecule has 0 spiro atoms. The van der Waals surface area contributed by atoms with Crippen molar-refractivity contribution in [1.82, 2.24) is 10.6 Å². The lowest BCUT2D eigenvalue weighted by Crippen LogP contribution is -2.50. The van der Waals surface area contributed by atoms with Gasteiger partial charge in [-0.05, 0) is 42.7 Å². The summed E-state index contributed by atoms with van der Waals surface area (Å²) < 4.78 is 6.48. The van der Waals surface area contributed by atoms with Crippen LogP contribution in [0.15, 0.2) is 59.1 Å². The molecule has 3 rings (SSSR count). The van der Waals surface area contributed by atoms with E-state index in [0.717, 1.165) is 22.9 Å². The molecule has 0 aromatic heterocycles. The number of benzene rings is 2. The zero-order valence-electron chi connectivity index (χ0n) is 15.0. The number of carbonyl (C=O) groups is 2. The van der Waals surface area contributed by atoms with E-state index in [-0.39, 0.29) is 18.2 Å². The van der Waals surface area contributed by atoms with Gasteiger partial charge < -0.3 is 15.4 Å². The third kappa shape index (κ3) is 5.17. The molecule has 1 heterocycles. The Labute approximate surface area is 167 Å². The van der Waals surface area contributed by atoms with Gasteiger partial charge in [-0.3, -0.25) is 9.59 Å². The highest BCUT2D eigenvalue weighted by Crippen LogP contribution is 2.33. The van der Waals surface area contributed by atoms with Crippen molar-refractivity contribution in [2.75, 3.05) is 19.8 Å². The van der Waals surface area contributed by atoms with Crippen molar-refractivity contribution in [2.24, 2.45) is 0 Å². The van der Waals surface area contributed by atoms with Crippen molar-refractivity contribution in [2.45, 2.75) is 24.8 Å². The highest BCUT2D eigenvalue weighted by molar-refractivity contribution is 9.10. The van der Waals surface area contributed by atoms with Crippen LogP contribution >= 0.6 is 15.9 Å². The van der Waals surface area contributed by atoms with Gasteiger partial charge >= 0.3 is 0 Å². The van der Waals surface area contributed by atoms with Crippen LogP contribution in [0.1, 0.15) is 35.2 Å². The smallest absolute Gasteiger partial charge is 0.251 e. The van der Waals surface area contributed by atoms with Gasteiger partial charge in [0.1, 0.15) is 0 Å². The van der Waals surface area contributed by atoms with Gasteiger partial charge in [-0.1, -0.05) is 46.3 Å². The van der Waals surface area contributed by atoms with E-state index in [1.165, 1.54) is 0 Å². The average molecular weight is 431 g/mol. The first-order valence-electron chi connectivity index (χ1n) is 9.07. The minimum Gasteiger partial charge on any atom is -0.381 e. The van der Waals surface area contributed by atoms with Crippen LogP contribution in [-0.4, -0.2) is 31.6 Å². The van der Waals surface area contributed by atoms with Crippen LogP contribution in [0, 0.1) is 0 Å². The minimum absolute atomic E-state index is 0.0785. The van der Waals surface area contributed by atoms with Gasteiger partial charge in [-0.15, -0.1) is 0 Å². The first-order chi connectivity index (χ1) is 13.1. The summed E-state index contributed by atoms with van der Waals surface area (Å²) in [5, 5.41) is 5.99. The normalized spacial score (nSPS) is 15.7. The van der Waals surface area contributed by atoms with Crippen LogP contribution in [0.3, 0.4) is 0 Å². The molecule has 2 amide bonds. The van der Waals surface area contributed by atoms with Crippen LogP contribution in [0.4, 0.5) is 0 Å². The predicted molar refractivity (Wildman–Crippen MR) is 107 cm³/mol. The molecule has 6 heteroatoms. The summed E-state index contributed by atoms with van der Waals surface area (Å²) in [6.07, 6.45) is 1.69. The monoisotopic (exact) mass is 430 g/mol. The number of carbonyl (C=O) groups excluding carboxylic acids is 2. The van der Waals surface area contributed by atoms with Crippen molar-refractivity contribution >= 4 is 27.7 Å². The van der Waals surface area contributed by atoms with Crippen LogP contribution in [0.2, 0.25) is 0 Å². The summed E-state index contributed by atoms with van der Waals surface area (Å²) >= 11 is 3.51. The molecule has 1 saturated heterocycles. The van der Waals surface area contributed by atoms with E-state index in [4.69, 9.17) is 4.74 Å². The van der Waals surface area contributed by atoms with Gasteiger partial charge in [-0.25, -0.2) is 0 Å². The van der Waals surface area contributed by atoms with Gasteiger partial charge in [0.05, 0.1) is 5.54 Å². The van der Waals surface area contributed by atoms with E-state index in [1.54, 1.807) is 12.1 Å². The molecule has 0 bridgehead atoms. The van der Waals surface area contributed by atoms with E-state index in [1.807, 2.05) is 42.5 Å². The highest BCUT2D eigenvalue weighted by atomic mass is 79.9. The molecule has 1 aliphatic rings. The highest BCUT2D eigenvalue weighted by Gasteiger charge is 2.35. The molecular weight excluding hydrogens is 408 g/mol. The lowest BCUT2D eigenvalue weighted by Gasteiger charge is -2.38. The van der Waals surface area contributed by atoms with Gasteiger partial charge in [0, 0.05) is 36.2 Å². The zero-order valence-corrected chi connectivity index (χ0v) is 16.6. The molecule has 1 aliphatic heterocycles. The van der Waals surface area contributed by atoms with Gasteiger partial charge in [0.15, 0.2) is 0 Å². The lowest BCUT2D eigenvalue weighted by atomic mass is 9.82. The summed E-state index contributed by atoms with van der Waals surface area (Å²) in [6, 6.07) is 17.0. The summed E-state index contributed by atoms with van der Waals surface area (Å²) in [5.74, 6) is -0.249. The SMILES string of the molecule is O=C(CCNC(=O)c1ccccc1)NC1(c2cccc(Br)c2)CCOCC1. The molecule has 142 valence electrons. The molecule has 0 atom stereocenters. The largest absolute Gasteiger partial charge is 0.381 e. The molecular formula is C21H23BrN2O3. The molecule has 1 fully saturated rings.